The van der Waals surface area contributed by atoms with Gasteiger partial charge in [-0.05, 0) is 54.7 Å². The molecule has 1 saturated heterocycles. The van der Waals surface area contributed by atoms with Gasteiger partial charge in [0.25, 0.3) is 0 Å². The number of rotatable bonds is 6. The number of piperidine rings is 1. The van der Waals surface area contributed by atoms with E-state index in [0.717, 1.165) is 61.2 Å². The molecular weight excluding hydrogens is 491 g/mol. The molecule has 2 aliphatic heterocycles. The second-order valence-corrected chi connectivity index (χ2v) is 10.1. The van der Waals surface area contributed by atoms with Gasteiger partial charge in [0.15, 0.2) is 0 Å². The lowest BCUT2D eigenvalue weighted by atomic mass is 9.98. The third kappa shape index (κ3) is 5.14. The molecule has 0 aromatic heterocycles. The fourth-order valence-electron chi connectivity index (χ4n) is 5.95. The van der Waals surface area contributed by atoms with Gasteiger partial charge in [-0.3, -0.25) is 4.90 Å². The topological polar surface area (TPSA) is 28.2 Å². The Morgan fingerprint density at radius 2 is 1.50 bits per heavy atom. The Hall–Kier alpha value is -3.39. The van der Waals surface area contributed by atoms with Gasteiger partial charge < -0.3 is 19.3 Å². The van der Waals surface area contributed by atoms with Crippen molar-refractivity contribution in [2.24, 2.45) is 0 Å². The molecule has 5 nitrogen and oxygen atoms in total. The number of halogens is 3. The van der Waals surface area contributed by atoms with Crippen LogP contribution in [0, 0.1) is 6.92 Å². The quantitative estimate of drug-likeness (QED) is 0.367. The first-order valence-electron chi connectivity index (χ1n) is 13.0. The normalized spacial score (nSPS) is 16.9. The van der Waals surface area contributed by atoms with Crippen molar-refractivity contribution in [1.29, 1.82) is 0 Å². The van der Waals surface area contributed by atoms with Gasteiger partial charge in [-0.15, -0.1) is 0 Å². The second-order valence-electron chi connectivity index (χ2n) is 10.1. The summed E-state index contributed by atoms with van der Waals surface area (Å²) in [5, 5.41) is 0. The molecule has 0 radical (unpaired) electrons. The molecule has 0 bridgehead atoms. The van der Waals surface area contributed by atoms with Crippen LogP contribution in [0.2, 0.25) is 0 Å². The van der Waals surface area contributed by atoms with Crippen molar-refractivity contribution in [3.05, 3.63) is 82.9 Å². The summed E-state index contributed by atoms with van der Waals surface area (Å²) in [7, 11) is 3.31. The molecule has 0 aliphatic carbocycles. The minimum absolute atomic E-state index is 0.152. The van der Waals surface area contributed by atoms with Gasteiger partial charge in [0.1, 0.15) is 11.5 Å². The number of fused-ring (bicyclic) bond motifs is 1. The Kier molecular flexibility index (Phi) is 7.43. The van der Waals surface area contributed by atoms with E-state index in [0.29, 0.717) is 18.5 Å². The van der Waals surface area contributed by atoms with Gasteiger partial charge in [-0.25, -0.2) is 0 Å². The average Bonchev–Trinajstić information content (AvgIpc) is 2.92. The number of alkyl halides is 3. The third-order valence-electron chi connectivity index (χ3n) is 7.75. The molecule has 0 saturated carbocycles. The molecular formula is C30H34F3N3O2. The fraction of sp³-hybridized carbons (Fsp3) is 0.400. The highest BCUT2D eigenvalue weighted by Crippen LogP contribution is 2.41. The van der Waals surface area contributed by atoms with Gasteiger partial charge >= 0.3 is 6.18 Å². The summed E-state index contributed by atoms with van der Waals surface area (Å²) in [6.45, 7) is 5.32. The van der Waals surface area contributed by atoms with Crippen LogP contribution in [0.5, 0.6) is 11.5 Å². The van der Waals surface area contributed by atoms with Gasteiger partial charge in [0, 0.05) is 32.2 Å². The van der Waals surface area contributed by atoms with E-state index in [-0.39, 0.29) is 12.1 Å². The zero-order valence-electron chi connectivity index (χ0n) is 22.1. The molecule has 0 atom stereocenters. The summed E-state index contributed by atoms with van der Waals surface area (Å²) in [6, 6.07) is 18.2. The van der Waals surface area contributed by atoms with E-state index in [2.05, 4.69) is 28.9 Å². The highest BCUT2D eigenvalue weighted by atomic mass is 19.4. The Labute approximate surface area is 222 Å². The molecule has 0 amide bonds. The summed E-state index contributed by atoms with van der Waals surface area (Å²) in [5.41, 5.74) is 3.96. The molecule has 202 valence electrons. The summed E-state index contributed by atoms with van der Waals surface area (Å²) in [5.74, 6) is 1.57. The van der Waals surface area contributed by atoms with E-state index in [9.17, 15) is 13.2 Å². The lowest BCUT2D eigenvalue weighted by Gasteiger charge is -2.45. The van der Waals surface area contributed by atoms with E-state index >= 15 is 0 Å². The molecule has 0 N–H and O–H groups in total. The minimum Gasteiger partial charge on any atom is -0.495 e. The number of hydrogen-bond acceptors (Lipinski definition) is 5. The number of benzene rings is 3. The van der Waals surface area contributed by atoms with E-state index < -0.39 is 11.7 Å². The molecule has 3 aromatic carbocycles. The smallest absolute Gasteiger partial charge is 0.416 e. The lowest BCUT2D eigenvalue weighted by Crippen LogP contribution is -2.51. The monoisotopic (exact) mass is 525 g/mol. The molecule has 0 unspecified atom stereocenters. The molecule has 5 rings (SSSR count). The van der Waals surface area contributed by atoms with Crippen LogP contribution in [-0.2, 0) is 19.3 Å². The van der Waals surface area contributed by atoms with Crippen LogP contribution in [0.3, 0.4) is 0 Å². The molecule has 2 aliphatic rings. The predicted octanol–water partition coefficient (Wildman–Crippen LogP) is 6.48. The van der Waals surface area contributed by atoms with Gasteiger partial charge in [-0.2, -0.15) is 13.2 Å². The van der Waals surface area contributed by atoms with Crippen molar-refractivity contribution in [3.63, 3.8) is 0 Å². The van der Waals surface area contributed by atoms with Crippen molar-refractivity contribution in [1.82, 2.24) is 4.90 Å². The van der Waals surface area contributed by atoms with Crippen LogP contribution in [0.4, 0.5) is 24.5 Å². The van der Waals surface area contributed by atoms with Crippen LogP contribution in [0.15, 0.2) is 60.7 Å². The maximum absolute atomic E-state index is 13.8. The number of nitrogens with zero attached hydrogens (tertiary/aromatic N) is 3. The summed E-state index contributed by atoms with van der Waals surface area (Å²) >= 11 is 0. The van der Waals surface area contributed by atoms with Crippen molar-refractivity contribution >= 4 is 11.4 Å². The Balaban J connectivity index is 1.39. The molecule has 3 aromatic rings. The standard InChI is InChI=1S/C30H34F3N3O2/c1-21-8-6-12-26(37-2)28(21)34-16-14-24(15-17-34)35-19-23-10-7-13-27(38-3)29(23)36(20-35)18-22-9-4-5-11-25(22)30(31,32)33/h4-13,24H,14-20H2,1-3H3. The molecule has 8 heteroatoms. The van der Waals surface area contributed by atoms with Crippen molar-refractivity contribution in [3.8, 4) is 11.5 Å². The highest BCUT2D eigenvalue weighted by Gasteiger charge is 2.36. The average molecular weight is 526 g/mol. The fourth-order valence-corrected chi connectivity index (χ4v) is 5.95. The molecule has 2 heterocycles. The second kappa shape index (κ2) is 10.8. The number of anilines is 2. The largest absolute Gasteiger partial charge is 0.495 e. The summed E-state index contributed by atoms with van der Waals surface area (Å²) < 4.78 is 52.7. The van der Waals surface area contributed by atoms with Crippen molar-refractivity contribution in [2.45, 2.75) is 45.1 Å². The lowest BCUT2D eigenvalue weighted by molar-refractivity contribution is -0.138. The number of ether oxygens (including phenoxy) is 2. The first-order valence-corrected chi connectivity index (χ1v) is 13.0. The molecule has 38 heavy (non-hydrogen) atoms. The van der Waals surface area contributed by atoms with Gasteiger partial charge in [0.05, 0.1) is 37.8 Å². The Morgan fingerprint density at radius 1 is 0.842 bits per heavy atom. The maximum Gasteiger partial charge on any atom is 0.416 e. The van der Waals surface area contributed by atoms with Gasteiger partial charge in [-0.1, -0.05) is 42.5 Å². The Morgan fingerprint density at radius 3 is 2.18 bits per heavy atom. The van der Waals surface area contributed by atoms with Crippen LogP contribution in [0.25, 0.3) is 0 Å². The van der Waals surface area contributed by atoms with E-state index in [1.807, 2.05) is 29.2 Å². The zero-order valence-corrected chi connectivity index (χ0v) is 22.1. The maximum atomic E-state index is 13.8. The highest BCUT2D eigenvalue weighted by molar-refractivity contribution is 5.66. The number of hydrogen-bond donors (Lipinski definition) is 0. The van der Waals surface area contributed by atoms with E-state index in [1.54, 1.807) is 26.4 Å². The number of aryl methyl sites for hydroxylation is 1. The van der Waals surface area contributed by atoms with Crippen LogP contribution < -0.4 is 19.3 Å². The first-order chi connectivity index (χ1) is 18.3. The SMILES string of the molecule is COc1cccc(C)c1N1CCC(N2Cc3cccc(OC)c3N(Cc3ccccc3C(F)(F)F)C2)CC1. The van der Waals surface area contributed by atoms with Crippen molar-refractivity contribution < 1.29 is 22.6 Å². The molecule has 0 spiro atoms. The third-order valence-corrected chi connectivity index (χ3v) is 7.75. The van der Waals surface area contributed by atoms with Crippen LogP contribution in [0.1, 0.15) is 35.1 Å². The minimum atomic E-state index is -4.40. The zero-order chi connectivity index (χ0) is 26.9. The Bertz CT molecular complexity index is 1270. The van der Waals surface area contributed by atoms with Crippen LogP contribution >= 0.6 is 0 Å². The summed E-state index contributed by atoms with van der Waals surface area (Å²) in [6.07, 6.45) is -2.48. The number of para-hydroxylation sites is 2. The van der Waals surface area contributed by atoms with Gasteiger partial charge in [0.2, 0.25) is 0 Å². The number of methoxy groups -OCH3 is 2. The van der Waals surface area contributed by atoms with Crippen molar-refractivity contribution in [2.75, 3.05) is 43.8 Å². The summed E-state index contributed by atoms with van der Waals surface area (Å²) in [4.78, 5) is 6.84. The molecule has 1 fully saturated rings. The first kappa shape index (κ1) is 26.2. The predicted molar refractivity (Wildman–Crippen MR) is 144 cm³/mol. The van der Waals surface area contributed by atoms with E-state index in [4.69, 9.17) is 9.47 Å². The van der Waals surface area contributed by atoms with E-state index in [1.165, 1.54) is 11.6 Å². The van der Waals surface area contributed by atoms with Crippen LogP contribution in [-0.4, -0.2) is 44.9 Å².